The van der Waals surface area contributed by atoms with Gasteiger partial charge in [0.2, 0.25) is 5.78 Å². The maximum Gasteiger partial charge on any atom is 0.294 e. The quantitative estimate of drug-likeness (QED) is 0.258. The van der Waals surface area contributed by atoms with E-state index in [9.17, 15) is 19.8 Å². The van der Waals surface area contributed by atoms with Crippen LogP contribution in [-0.4, -0.2) is 28.5 Å². The summed E-state index contributed by atoms with van der Waals surface area (Å²) in [4.78, 5) is 28.6. The Morgan fingerprint density at radius 2 is 1.76 bits per heavy atom. The molecular weight excluding hydrogens is 517 g/mol. The van der Waals surface area contributed by atoms with Crippen LogP contribution in [0.3, 0.4) is 0 Å². The Balaban J connectivity index is 1.69. The number of benzene rings is 3. The topological polar surface area (TPSA) is 100 Å². The van der Waals surface area contributed by atoms with Gasteiger partial charge in [0.1, 0.15) is 5.58 Å². The van der Waals surface area contributed by atoms with Crippen LogP contribution in [0.2, 0.25) is 10.0 Å². The molecule has 2 heterocycles. The van der Waals surface area contributed by atoms with Gasteiger partial charge in [0.05, 0.1) is 18.2 Å². The number of amides is 1. The lowest BCUT2D eigenvalue weighted by Gasteiger charge is -2.28. The van der Waals surface area contributed by atoms with E-state index in [4.69, 9.17) is 32.4 Å². The molecule has 0 saturated heterocycles. The van der Waals surface area contributed by atoms with E-state index in [1.165, 1.54) is 17.0 Å². The number of Topliss-reactive ketones (excluding diaryl/α,β-unsaturated/α-hetero) is 1. The van der Waals surface area contributed by atoms with Gasteiger partial charge in [0.25, 0.3) is 5.91 Å². The summed E-state index contributed by atoms with van der Waals surface area (Å²) in [5.41, 5.74) is 1.82. The summed E-state index contributed by atoms with van der Waals surface area (Å²) in [5, 5.41) is 22.8. The predicted molar refractivity (Wildman–Crippen MR) is 141 cm³/mol. The minimum absolute atomic E-state index is 0.0601. The molecule has 9 heteroatoms. The summed E-state index contributed by atoms with van der Waals surface area (Å²) in [7, 11) is 0. The number of fused-ring (bicyclic) bond motifs is 1. The SMILES string of the molecule is CCOc1cc(C2C(C(=O)c3cc4cc(Cl)ccc4o3)=C(O)C(=O)N2c2ccc(Cl)cc2C)ccc1O. The van der Waals surface area contributed by atoms with Gasteiger partial charge in [0.15, 0.2) is 23.0 Å². The first-order valence-corrected chi connectivity index (χ1v) is 12.2. The van der Waals surface area contributed by atoms with E-state index in [1.54, 1.807) is 62.4 Å². The van der Waals surface area contributed by atoms with Crippen molar-refractivity contribution in [1.82, 2.24) is 0 Å². The third-order valence-electron chi connectivity index (χ3n) is 6.17. The van der Waals surface area contributed by atoms with E-state index in [-0.39, 0.29) is 29.4 Å². The van der Waals surface area contributed by atoms with Crippen LogP contribution < -0.4 is 9.64 Å². The molecule has 37 heavy (non-hydrogen) atoms. The van der Waals surface area contributed by atoms with Crippen LogP contribution in [0.15, 0.2) is 76.4 Å². The van der Waals surface area contributed by atoms with Gasteiger partial charge in [-0.1, -0.05) is 29.3 Å². The fourth-order valence-corrected chi connectivity index (χ4v) is 4.93. The molecule has 1 aliphatic rings. The predicted octanol–water partition coefficient (Wildman–Crippen LogP) is 6.94. The van der Waals surface area contributed by atoms with Crippen LogP contribution in [0.25, 0.3) is 11.0 Å². The number of rotatable bonds is 6. The van der Waals surface area contributed by atoms with Gasteiger partial charge in [0, 0.05) is 21.1 Å². The molecule has 1 amide bonds. The van der Waals surface area contributed by atoms with Gasteiger partial charge in [-0.2, -0.15) is 0 Å². The molecule has 4 aromatic rings. The minimum Gasteiger partial charge on any atom is -0.504 e. The number of carbonyl (C=O) groups is 2. The molecule has 7 nitrogen and oxygen atoms in total. The summed E-state index contributed by atoms with van der Waals surface area (Å²) in [6, 6.07) is 14.9. The van der Waals surface area contributed by atoms with Crippen molar-refractivity contribution in [2.45, 2.75) is 19.9 Å². The number of aliphatic hydroxyl groups excluding tert-OH is 1. The maximum absolute atomic E-state index is 13.8. The first-order chi connectivity index (χ1) is 17.7. The molecule has 3 aromatic carbocycles. The van der Waals surface area contributed by atoms with Crippen LogP contribution in [0.1, 0.15) is 34.6 Å². The van der Waals surface area contributed by atoms with E-state index < -0.39 is 23.5 Å². The Hall–Kier alpha value is -3.94. The monoisotopic (exact) mass is 537 g/mol. The largest absolute Gasteiger partial charge is 0.504 e. The number of carbonyl (C=O) groups excluding carboxylic acids is 2. The molecule has 0 radical (unpaired) electrons. The third-order valence-corrected chi connectivity index (χ3v) is 6.64. The number of phenolic OH excluding ortho intramolecular Hbond substituents is 1. The zero-order chi connectivity index (χ0) is 26.4. The van der Waals surface area contributed by atoms with Crippen molar-refractivity contribution in [3.8, 4) is 11.5 Å². The average molecular weight is 538 g/mol. The minimum atomic E-state index is -1.04. The second kappa shape index (κ2) is 9.50. The number of aliphatic hydroxyl groups is 1. The molecular formula is C28H21Cl2NO6. The third kappa shape index (κ3) is 4.30. The Morgan fingerprint density at radius 3 is 2.49 bits per heavy atom. The molecule has 0 aliphatic carbocycles. The first kappa shape index (κ1) is 24.7. The van der Waals surface area contributed by atoms with Crippen molar-refractivity contribution in [1.29, 1.82) is 0 Å². The Labute approximate surface area is 222 Å². The Bertz CT molecular complexity index is 1610. The molecule has 5 rings (SSSR count). The second-order valence-electron chi connectivity index (χ2n) is 8.55. The van der Waals surface area contributed by atoms with Crippen LogP contribution in [0.4, 0.5) is 5.69 Å². The number of nitrogens with zero attached hydrogens (tertiary/aromatic N) is 1. The van der Waals surface area contributed by atoms with Crippen molar-refractivity contribution in [2.24, 2.45) is 0 Å². The van der Waals surface area contributed by atoms with E-state index in [0.29, 0.717) is 37.8 Å². The number of anilines is 1. The van der Waals surface area contributed by atoms with E-state index in [0.717, 1.165) is 0 Å². The zero-order valence-electron chi connectivity index (χ0n) is 19.8. The van der Waals surface area contributed by atoms with Crippen LogP contribution >= 0.6 is 23.2 Å². The highest BCUT2D eigenvalue weighted by atomic mass is 35.5. The second-order valence-corrected chi connectivity index (χ2v) is 9.43. The van der Waals surface area contributed by atoms with Crippen LogP contribution in [0, 0.1) is 6.92 Å². The molecule has 1 atom stereocenters. The van der Waals surface area contributed by atoms with Crippen molar-refractivity contribution in [3.63, 3.8) is 0 Å². The highest BCUT2D eigenvalue weighted by Crippen LogP contribution is 2.45. The Morgan fingerprint density at radius 1 is 1.03 bits per heavy atom. The van der Waals surface area contributed by atoms with Crippen molar-refractivity contribution < 1.29 is 29.0 Å². The van der Waals surface area contributed by atoms with E-state index in [1.807, 2.05) is 0 Å². The molecule has 188 valence electrons. The van der Waals surface area contributed by atoms with Gasteiger partial charge in [-0.3, -0.25) is 14.5 Å². The zero-order valence-corrected chi connectivity index (χ0v) is 21.3. The number of aryl methyl sites for hydroxylation is 1. The number of ether oxygens (including phenoxy) is 1. The molecule has 0 bridgehead atoms. The lowest BCUT2D eigenvalue weighted by Crippen LogP contribution is -2.31. The van der Waals surface area contributed by atoms with Crippen molar-refractivity contribution >= 4 is 51.5 Å². The number of hydrogen-bond acceptors (Lipinski definition) is 6. The smallest absolute Gasteiger partial charge is 0.294 e. The average Bonchev–Trinajstić information content (AvgIpc) is 3.39. The highest BCUT2D eigenvalue weighted by molar-refractivity contribution is 6.31. The van der Waals surface area contributed by atoms with E-state index in [2.05, 4.69) is 0 Å². The van der Waals surface area contributed by atoms with Crippen molar-refractivity contribution in [2.75, 3.05) is 11.5 Å². The fourth-order valence-electron chi connectivity index (χ4n) is 4.52. The lowest BCUT2D eigenvalue weighted by atomic mass is 9.94. The number of halogens is 2. The van der Waals surface area contributed by atoms with Gasteiger partial charge in [-0.15, -0.1) is 0 Å². The normalized spacial score (nSPS) is 15.6. The van der Waals surface area contributed by atoms with E-state index >= 15 is 0 Å². The molecule has 0 saturated carbocycles. The van der Waals surface area contributed by atoms with Gasteiger partial charge in [-0.05, 0) is 79.6 Å². The molecule has 2 N–H and O–H groups in total. The molecule has 1 aromatic heterocycles. The number of furan rings is 1. The molecule has 1 unspecified atom stereocenters. The Kier molecular flexibility index (Phi) is 6.35. The number of aromatic hydroxyl groups is 1. The van der Waals surface area contributed by atoms with Gasteiger partial charge >= 0.3 is 0 Å². The van der Waals surface area contributed by atoms with Crippen LogP contribution in [-0.2, 0) is 4.79 Å². The summed E-state index contributed by atoms with van der Waals surface area (Å²) < 4.78 is 11.3. The summed E-state index contributed by atoms with van der Waals surface area (Å²) >= 11 is 12.2. The van der Waals surface area contributed by atoms with Gasteiger partial charge in [-0.25, -0.2) is 0 Å². The summed E-state index contributed by atoms with van der Waals surface area (Å²) in [6.45, 7) is 3.83. The van der Waals surface area contributed by atoms with Gasteiger partial charge < -0.3 is 19.4 Å². The lowest BCUT2D eigenvalue weighted by molar-refractivity contribution is -0.117. The molecule has 0 spiro atoms. The standard InChI is InChI=1S/C28H21Cl2NO6/c1-3-36-22-12-15(4-8-20(22)32)25-24(26(33)23-13-16-11-18(30)6-9-21(16)37-23)27(34)28(35)31(25)19-7-5-17(29)10-14(19)2/h4-13,25,32,34H,3H2,1-2H3. The van der Waals surface area contributed by atoms with Crippen LogP contribution in [0.5, 0.6) is 11.5 Å². The molecule has 0 fully saturated rings. The summed E-state index contributed by atoms with van der Waals surface area (Å²) in [5.74, 6) is -2.10. The van der Waals surface area contributed by atoms with Crippen molar-refractivity contribution in [3.05, 3.63) is 98.9 Å². The number of phenols is 1. The maximum atomic E-state index is 13.8. The highest BCUT2D eigenvalue weighted by Gasteiger charge is 2.46. The first-order valence-electron chi connectivity index (χ1n) is 11.4. The summed E-state index contributed by atoms with van der Waals surface area (Å²) in [6.07, 6.45) is 0. The number of hydrogen-bond donors (Lipinski definition) is 2. The molecule has 1 aliphatic heterocycles. The fraction of sp³-hybridized carbons (Fsp3) is 0.143. The number of ketones is 1.